The minimum Gasteiger partial charge on any atom is -0.377 e. The monoisotopic (exact) mass is 473 g/mol. The van der Waals surface area contributed by atoms with E-state index in [4.69, 9.17) is 10.00 Å². The Bertz CT molecular complexity index is 1300. The third-order valence-electron chi connectivity index (χ3n) is 5.98. The highest BCUT2D eigenvalue weighted by molar-refractivity contribution is 5.92. The van der Waals surface area contributed by atoms with E-state index in [2.05, 4.69) is 36.1 Å². The van der Waals surface area contributed by atoms with Crippen LogP contribution < -0.4 is 21.5 Å². The van der Waals surface area contributed by atoms with Gasteiger partial charge in [-0.2, -0.15) is 5.26 Å². The lowest BCUT2D eigenvalue weighted by molar-refractivity contribution is -0.00357. The smallest absolute Gasteiger partial charge is 0.273 e. The largest absolute Gasteiger partial charge is 0.377 e. The van der Waals surface area contributed by atoms with Gasteiger partial charge < -0.3 is 20.7 Å². The number of nitrogens with one attached hydrogen (secondary N) is 3. The Hall–Kier alpha value is -4.37. The topological polar surface area (TPSA) is 160 Å². The molecule has 12 nitrogen and oxygen atoms in total. The molecule has 1 amide bonds. The molecule has 5 rings (SSSR count). The summed E-state index contributed by atoms with van der Waals surface area (Å²) in [4.78, 5) is 33.1. The third-order valence-corrected chi connectivity index (χ3v) is 5.98. The molecule has 1 saturated carbocycles. The minimum absolute atomic E-state index is 0.0217. The van der Waals surface area contributed by atoms with Crippen LogP contribution in [0.15, 0.2) is 47.7 Å². The molecule has 2 atom stereocenters. The van der Waals surface area contributed by atoms with Gasteiger partial charge in [-0.15, -0.1) is 10.2 Å². The van der Waals surface area contributed by atoms with Crippen LogP contribution >= 0.6 is 0 Å². The Labute approximate surface area is 200 Å². The number of pyridine rings is 2. The minimum atomic E-state index is -0.374. The molecule has 0 unspecified atom stereocenters. The van der Waals surface area contributed by atoms with E-state index < -0.39 is 0 Å². The first-order valence-corrected chi connectivity index (χ1v) is 11.3. The maximum atomic E-state index is 12.3. The Balaban J connectivity index is 1.14. The molecule has 0 spiro atoms. The lowest BCUT2D eigenvalue weighted by Gasteiger charge is -2.26. The van der Waals surface area contributed by atoms with Gasteiger partial charge in [-0.1, -0.05) is 0 Å². The van der Waals surface area contributed by atoms with E-state index in [1.807, 2.05) is 12.1 Å². The van der Waals surface area contributed by atoms with E-state index in [0.29, 0.717) is 30.7 Å². The zero-order valence-electron chi connectivity index (χ0n) is 18.7. The fraction of sp³-hybridized carbons (Fsp3) is 0.348. The normalized spacial score (nSPS) is 19.4. The van der Waals surface area contributed by atoms with E-state index in [-0.39, 0.29) is 40.8 Å². The molecule has 35 heavy (non-hydrogen) atoms. The van der Waals surface area contributed by atoms with Crippen LogP contribution in [0.25, 0.3) is 5.69 Å². The van der Waals surface area contributed by atoms with Crippen molar-refractivity contribution >= 4 is 17.7 Å². The number of hydrogen-bond donors (Lipinski definition) is 3. The van der Waals surface area contributed by atoms with Crippen LogP contribution in [-0.2, 0) is 4.74 Å². The van der Waals surface area contributed by atoms with Gasteiger partial charge >= 0.3 is 0 Å². The fourth-order valence-corrected chi connectivity index (χ4v) is 4.06. The molecule has 4 heterocycles. The molecule has 3 N–H and O–H groups in total. The molecule has 1 aliphatic heterocycles. The molecule has 0 radical (unpaired) electrons. The number of carbonyl (C=O) groups is 1. The molecule has 1 saturated heterocycles. The van der Waals surface area contributed by atoms with Crippen molar-refractivity contribution in [2.75, 3.05) is 23.8 Å². The number of anilines is 2. The molecular weight excluding hydrogens is 450 g/mol. The zero-order valence-corrected chi connectivity index (χ0v) is 18.7. The van der Waals surface area contributed by atoms with Crippen LogP contribution in [0.2, 0.25) is 0 Å². The van der Waals surface area contributed by atoms with Crippen molar-refractivity contribution < 1.29 is 9.53 Å². The quantitative estimate of drug-likeness (QED) is 0.449. The summed E-state index contributed by atoms with van der Waals surface area (Å²) in [6, 6.07) is 9.04. The zero-order chi connectivity index (χ0) is 24.2. The Kier molecular flexibility index (Phi) is 6.32. The predicted octanol–water partition coefficient (Wildman–Crippen LogP) is 0.863. The number of amides is 1. The van der Waals surface area contributed by atoms with Gasteiger partial charge in [-0.25, -0.2) is 9.97 Å². The highest BCUT2D eigenvalue weighted by atomic mass is 16.5. The summed E-state index contributed by atoms with van der Waals surface area (Å²) < 4.78 is 6.44. The Morgan fingerprint density at radius 2 is 1.89 bits per heavy atom. The van der Waals surface area contributed by atoms with Crippen molar-refractivity contribution in [1.82, 2.24) is 30.0 Å². The lowest BCUT2D eigenvalue weighted by Crippen LogP contribution is -2.48. The van der Waals surface area contributed by atoms with Crippen LogP contribution in [0.5, 0.6) is 0 Å². The van der Waals surface area contributed by atoms with E-state index in [1.54, 1.807) is 24.5 Å². The summed E-state index contributed by atoms with van der Waals surface area (Å²) in [5, 5.41) is 26.6. The van der Waals surface area contributed by atoms with Gasteiger partial charge in [0, 0.05) is 18.3 Å². The molecule has 178 valence electrons. The SMILES string of the molecule is N#Cc1cccn(-c2ccc(N[C@H]3CC[C@H](Nc4ncc(C(=O)NC5COC5)nn4)C3)nc2)c1=O. The highest BCUT2D eigenvalue weighted by Gasteiger charge is 2.26. The molecule has 2 fully saturated rings. The fourth-order valence-electron chi connectivity index (χ4n) is 4.06. The van der Waals surface area contributed by atoms with Gasteiger partial charge in [0.15, 0.2) is 5.69 Å². The van der Waals surface area contributed by atoms with E-state index >= 15 is 0 Å². The van der Waals surface area contributed by atoms with E-state index in [1.165, 1.54) is 16.8 Å². The average molecular weight is 473 g/mol. The lowest BCUT2D eigenvalue weighted by atomic mass is 10.2. The van der Waals surface area contributed by atoms with E-state index in [0.717, 1.165) is 19.3 Å². The number of nitriles is 1. The van der Waals surface area contributed by atoms with Crippen LogP contribution in [0.1, 0.15) is 35.3 Å². The second-order valence-corrected chi connectivity index (χ2v) is 8.48. The average Bonchev–Trinajstić information content (AvgIpc) is 3.29. The van der Waals surface area contributed by atoms with Crippen molar-refractivity contribution in [2.45, 2.75) is 37.4 Å². The van der Waals surface area contributed by atoms with Crippen molar-refractivity contribution in [3.05, 3.63) is 64.5 Å². The first-order valence-electron chi connectivity index (χ1n) is 11.3. The van der Waals surface area contributed by atoms with Crippen LogP contribution in [0.4, 0.5) is 11.8 Å². The number of hydrogen-bond acceptors (Lipinski definition) is 10. The molecule has 0 bridgehead atoms. The van der Waals surface area contributed by atoms with Gasteiger partial charge in [-0.05, 0) is 43.5 Å². The number of aromatic nitrogens is 5. The summed E-state index contributed by atoms with van der Waals surface area (Å²) >= 11 is 0. The molecule has 2 aliphatic rings. The predicted molar refractivity (Wildman–Crippen MR) is 125 cm³/mol. The maximum absolute atomic E-state index is 12.3. The van der Waals surface area contributed by atoms with Gasteiger partial charge in [-0.3, -0.25) is 14.2 Å². The van der Waals surface area contributed by atoms with Crippen molar-refractivity contribution in [2.24, 2.45) is 0 Å². The summed E-state index contributed by atoms with van der Waals surface area (Å²) in [5.41, 5.74) is 0.469. The molecule has 3 aromatic heterocycles. The standard InChI is InChI=1S/C23H23N9O3/c24-9-14-2-1-7-32(22(14)34)18-5-6-20(25-10-18)27-15-3-4-16(8-15)29-23-26-11-19(30-31-23)21(33)28-17-12-35-13-17/h1-2,5-7,10-11,15-17H,3-4,8,12-13H2,(H,25,27)(H,28,33)(H,26,29,31)/t15-,16-/m0/s1. The van der Waals surface area contributed by atoms with Gasteiger partial charge in [0.05, 0.1) is 37.3 Å². The molecule has 0 aromatic carbocycles. The molecule has 3 aromatic rings. The van der Waals surface area contributed by atoms with Gasteiger partial charge in [0.25, 0.3) is 11.5 Å². The van der Waals surface area contributed by atoms with E-state index in [9.17, 15) is 9.59 Å². The second-order valence-electron chi connectivity index (χ2n) is 8.48. The van der Waals surface area contributed by atoms with Crippen LogP contribution in [-0.4, -0.2) is 62.0 Å². The number of nitrogens with zero attached hydrogens (tertiary/aromatic N) is 6. The van der Waals surface area contributed by atoms with Crippen LogP contribution in [0.3, 0.4) is 0 Å². The van der Waals surface area contributed by atoms with Gasteiger partial charge in [0.2, 0.25) is 5.95 Å². The maximum Gasteiger partial charge on any atom is 0.273 e. The van der Waals surface area contributed by atoms with Crippen molar-refractivity contribution in [3.63, 3.8) is 0 Å². The summed E-state index contributed by atoms with van der Waals surface area (Å²) in [7, 11) is 0. The number of ether oxygens (including phenoxy) is 1. The highest BCUT2D eigenvalue weighted by Crippen LogP contribution is 2.24. The van der Waals surface area contributed by atoms with Gasteiger partial charge in [0.1, 0.15) is 17.5 Å². The first kappa shape index (κ1) is 22.4. The van der Waals surface area contributed by atoms with Crippen LogP contribution in [0, 0.1) is 11.3 Å². The number of carbonyl (C=O) groups excluding carboxylic acids is 1. The molecular formula is C23H23N9O3. The summed E-state index contributed by atoms with van der Waals surface area (Å²) in [6.45, 7) is 1.03. The van der Waals surface area contributed by atoms with Crippen molar-refractivity contribution in [3.8, 4) is 11.8 Å². The Morgan fingerprint density at radius 3 is 2.54 bits per heavy atom. The Morgan fingerprint density at radius 1 is 1.06 bits per heavy atom. The van der Waals surface area contributed by atoms with Crippen molar-refractivity contribution in [1.29, 1.82) is 5.26 Å². The summed E-state index contributed by atoms with van der Waals surface area (Å²) in [5.74, 6) is 0.775. The summed E-state index contributed by atoms with van der Waals surface area (Å²) in [6.07, 6.45) is 7.31. The first-order chi connectivity index (χ1) is 17.1. The molecule has 1 aliphatic carbocycles. The number of rotatable bonds is 7. The second kappa shape index (κ2) is 9.86. The third kappa shape index (κ3) is 5.10. The molecule has 12 heteroatoms.